The summed E-state index contributed by atoms with van der Waals surface area (Å²) >= 11 is 0. The number of halogens is 2. The first-order valence-corrected chi connectivity index (χ1v) is 13.1. The van der Waals surface area contributed by atoms with Crippen molar-refractivity contribution in [2.24, 2.45) is 0 Å². The predicted octanol–water partition coefficient (Wildman–Crippen LogP) is 4.12. The van der Waals surface area contributed by atoms with Gasteiger partial charge in [-0.2, -0.15) is 5.10 Å². The van der Waals surface area contributed by atoms with Gasteiger partial charge in [-0.3, -0.25) is 19.2 Å². The van der Waals surface area contributed by atoms with Crippen LogP contribution in [0.1, 0.15) is 61.0 Å². The Hall–Kier alpha value is -2.85. The fraction of sp³-hybridized carbons (Fsp3) is 0.593. The van der Waals surface area contributed by atoms with E-state index < -0.39 is 5.92 Å². The van der Waals surface area contributed by atoms with E-state index in [4.69, 9.17) is 4.74 Å². The average molecular weight is 516 g/mol. The quantitative estimate of drug-likeness (QED) is 0.500. The minimum Gasteiger partial charge on any atom is -0.385 e. The van der Waals surface area contributed by atoms with E-state index in [1.807, 2.05) is 24.0 Å². The lowest BCUT2D eigenvalue weighted by atomic mass is 9.92. The second-order valence-electron chi connectivity index (χ2n) is 10.6. The molecule has 0 unspecified atom stereocenters. The summed E-state index contributed by atoms with van der Waals surface area (Å²) in [6.07, 6.45) is 2.66. The number of benzene rings is 1. The van der Waals surface area contributed by atoms with Crippen LogP contribution in [0, 0.1) is 6.92 Å². The van der Waals surface area contributed by atoms with Gasteiger partial charge in [-0.15, -0.1) is 0 Å². The molecule has 3 aromatic rings. The highest BCUT2D eigenvalue weighted by atomic mass is 19.3. The second kappa shape index (κ2) is 10.1. The van der Waals surface area contributed by atoms with Gasteiger partial charge in [-0.05, 0) is 50.8 Å². The third-order valence-electron chi connectivity index (χ3n) is 8.02. The molecule has 1 N–H and O–H groups in total. The smallest absolute Gasteiger partial charge is 0.259 e. The zero-order chi connectivity index (χ0) is 26.3. The van der Waals surface area contributed by atoms with E-state index in [-0.39, 0.29) is 36.4 Å². The van der Waals surface area contributed by atoms with Crippen LogP contribution < -0.4 is 5.56 Å². The molecule has 200 valence electrons. The SMILES string of the molecule is COCCCN1CCN(C(=O)c2cc3c(cc2C)[nH]c(=O)c2cnn(C4CCC(F)(F)CC4)c23)C[C@@H]1C. The third-order valence-corrected chi connectivity index (χ3v) is 8.02. The number of methoxy groups -OCH3 is 1. The molecule has 1 atom stereocenters. The van der Waals surface area contributed by atoms with Gasteiger partial charge in [0.05, 0.1) is 28.7 Å². The van der Waals surface area contributed by atoms with E-state index >= 15 is 0 Å². The van der Waals surface area contributed by atoms with Crippen LogP contribution in [0.4, 0.5) is 8.78 Å². The molecule has 0 radical (unpaired) electrons. The van der Waals surface area contributed by atoms with E-state index in [0.29, 0.717) is 53.3 Å². The number of hydrogen-bond donors (Lipinski definition) is 1. The Morgan fingerprint density at radius 2 is 1.97 bits per heavy atom. The second-order valence-corrected chi connectivity index (χ2v) is 10.6. The summed E-state index contributed by atoms with van der Waals surface area (Å²) in [6.45, 7) is 7.76. The number of rotatable bonds is 6. The number of ether oxygens (including phenoxy) is 1. The maximum Gasteiger partial charge on any atom is 0.259 e. The lowest BCUT2D eigenvalue weighted by Crippen LogP contribution is -2.53. The van der Waals surface area contributed by atoms with Crippen molar-refractivity contribution in [2.75, 3.05) is 39.9 Å². The van der Waals surface area contributed by atoms with E-state index in [1.54, 1.807) is 11.8 Å². The number of nitrogens with one attached hydrogen (secondary N) is 1. The highest BCUT2D eigenvalue weighted by Gasteiger charge is 2.36. The summed E-state index contributed by atoms with van der Waals surface area (Å²) in [5.41, 5.74) is 2.33. The largest absolute Gasteiger partial charge is 0.385 e. The number of carbonyl (C=O) groups excluding carboxylic acids is 1. The van der Waals surface area contributed by atoms with E-state index in [0.717, 1.165) is 31.7 Å². The van der Waals surface area contributed by atoms with Crippen molar-refractivity contribution >= 4 is 27.7 Å². The minimum absolute atomic E-state index is 0.0366. The number of piperazine rings is 1. The highest BCUT2D eigenvalue weighted by molar-refractivity contribution is 6.07. The number of fused-ring (bicyclic) bond motifs is 3. The molecule has 3 heterocycles. The summed E-state index contributed by atoms with van der Waals surface area (Å²) in [6, 6.07) is 3.70. The zero-order valence-corrected chi connectivity index (χ0v) is 21.7. The summed E-state index contributed by atoms with van der Waals surface area (Å²) in [5.74, 6) is -2.69. The zero-order valence-electron chi connectivity index (χ0n) is 21.7. The van der Waals surface area contributed by atoms with Gasteiger partial charge in [0, 0.05) is 69.7 Å². The number of nitrogens with zero attached hydrogens (tertiary/aromatic N) is 4. The van der Waals surface area contributed by atoms with Crippen LogP contribution in [-0.4, -0.2) is 82.3 Å². The molecular formula is C27H35F2N5O3. The van der Waals surface area contributed by atoms with Crippen LogP contribution >= 0.6 is 0 Å². The van der Waals surface area contributed by atoms with Gasteiger partial charge in [0.2, 0.25) is 5.92 Å². The normalized spacial score (nSPS) is 21.2. The number of aromatic amines is 1. The predicted molar refractivity (Wildman–Crippen MR) is 138 cm³/mol. The summed E-state index contributed by atoms with van der Waals surface area (Å²) < 4.78 is 34.5. The molecule has 0 spiro atoms. The van der Waals surface area contributed by atoms with Crippen LogP contribution in [0.5, 0.6) is 0 Å². The van der Waals surface area contributed by atoms with Crippen molar-refractivity contribution in [3.05, 3.63) is 39.8 Å². The number of aromatic nitrogens is 3. The third kappa shape index (κ3) is 5.01. The van der Waals surface area contributed by atoms with Crippen molar-refractivity contribution in [3.63, 3.8) is 0 Å². The lowest BCUT2D eigenvalue weighted by Gasteiger charge is -2.40. The van der Waals surface area contributed by atoms with Gasteiger partial charge in [0.1, 0.15) is 0 Å². The Morgan fingerprint density at radius 1 is 1.22 bits per heavy atom. The fourth-order valence-corrected chi connectivity index (χ4v) is 5.86. The first kappa shape index (κ1) is 25.8. The molecule has 1 aliphatic carbocycles. The maximum atomic E-state index is 13.8. The molecule has 1 saturated heterocycles. The molecule has 2 aromatic heterocycles. The van der Waals surface area contributed by atoms with E-state index in [9.17, 15) is 18.4 Å². The molecule has 37 heavy (non-hydrogen) atoms. The Morgan fingerprint density at radius 3 is 2.68 bits per heavy atom. The van der Waals surface area contributed by atoms with Crippen LogP contribution in [0.2, 0.25) is 0 Å². The first-order chi connectivity index (χ1) is 17.7. The molecule has 1 aromatic carbocycles. The van der Waals surface area contributed by atoms with Gasteiger partial charge in [0.25, 0.3) is 11.5 Å². The molecule has 2 aliphatic rings. The number of hydrogen-bond acceptors (Lipinski definition) is 5. The van der Waals surface area contributed by atoms with Crippen LogP contribution in [-0.2, 0) is 4.74 Å². The van der Waals surface area contributed by atoms with Crippen molar-refractivity contribution in [2.45, 2.75) is 64.0 Å². The molecular weight excluding hydrogens is 480 g/mol. The lowest BCUT2D eigenvalue weighted by molar-refractivity contribution is -0.0445. The first-order valence-electron chi connectivity index (χ1n) is 13.1. The summed E-state index contributed by atoms with van der Waals surface area (Å²) in [7, 11) is 1.70. The number of pyridine rings is 1. The monoisotopic (exact) mass is 515 g/mol. The number of aryl methyl sites for hydroxylation is 1. The van der Waals surface area contributed by atoms with Gasteiger partial charge >= 0.3 is 0 Å². The maximum absolute atomic E-state index is 13.8. The van der Waals surface area contributed by atoms with Gasteiger partial charge < -0.3 is 14.6 Å². The summed E-state index contributed by atoms with van der Waals surface area (Å²) in [5, 5.41) is 5.58. The molecule has 1 aliphatic heterocycles. The van der Waals surface area contributed by atoms with E-state index in [1.165, 1.54) is 6.20 Å². The number of alkyl halides is 2. The highest BCUT2D eigenvalue weighted by Crippen LogP contribution is 2.40. The van der Waals surface area contributed by atoms with Crippen LogP contribution in [0.3, 0.4) is 0 Å². The molecule has 10 heteroatoms. The Balaban J connectivity index is 1.47. The summed E-state index contributed by atoms with van der Waals surface area (Å²) in [4.78, 5) is 33.7. The molecule has 1 amide bonds. The molecule has 1 saturated carbocycles. The van der Waals surface area contributed by atoms with Crippen molar-refractivity contribution in [3.8, 4) is 0 Å². The van der Waals surface area contributed by atoms with E-state index in [2.05, 4.69) is 21.9 Å². The van der Waals surface area contributed by atoms with Gasteiger partial charge in [0.15, 0.2) is 0 Å². The number of amides is 1. The van der Waals surface area contributed by atoms with Crippen LogP contribution in [0.25, 0.3) is 21.8 Å². The Kier molecular flexibility index (Phi) is 7.06. The molecule has 5 rings (SSSR count). The van der Waals surface area contributed by atoms with Gasteiger partial charge in [-0.1, -0.05) is 0 Å². The van der Waals surface area contributed by atoms with Gasteiger partial charge in [-0.25, -0.2) is 8.78 Å². The van der Waals surface area contributed by atoms with Crippen LogP contribution in [0.15, 0.2) is 23.1 Å². The Bertz CT molecular complexity index is 1360. The van der Waals surface area contributed by atoms with Crippen molar-refractivity contribution < 1.29 is 18.3 Å². The fourth-order valence-electron chi connectivity index (χ4n) is 5.86. The topological polar surface area (TPSA) is 83.5 Å². The molecule has 8 nitrogen and oxygen atoms in total. The Labute approximate surface area is 214 Å². The molecule has 2 fully saturated rings. The standard InChI is InChI=1S/C27H35F2N5O3/c1-17-13-23-21(14-20(17)26(36)33-11-10-32(18(2)16-33)9-4-12-37-3)24-22(25(35)31-23)15-30-34(24)19-5-7-27(28,29)8-6-19/h13-15,18-19H,4-12,16H2,1-3H3,(H,31,35)/t18-/m0/s1. The number of H-pyrrole nitrogens is 1. The van der Waals surface area contributed by atoms with Crippen molar-refractivity contribution in [1.29, 1.82) is 0 Å². The van der Waals surface area contributed by atoms with Crippen molar-refractivity contribution in [1.82, 2.24) is 24.6 Å². The molecule has 0 bridgehead atoms. The minimum atomic E-state index is -2.65. The number of carbonyl (C=O) groups is 1. The average Bonchev–Trinajstić information content (AvgIpc) is 3.30.